The highest BCUT2D eigenvalue weighted by Gasteiger charge is 2.17. The van der Waals surface area contributed by atoms with Crippen LogP contribution in [0.5, 0.6) is 0 Å². The first-order valence-electron chi connectivity index (χ1n) is 7.22. The summed E-state index contributed by atoms with van der Waals surface area (Å²) in [5, 5.41) is 22.7. The second-order valence-corrected chi connectivity index (χ2v) is 5.11. The molecule has 0 aliphatic heterocycles. The normalized spacial score (nSPS) is 10.8. The smallest absolute Gasteiger partial charge is 0.338 e. The van der Waals surface area contributed by atoms with Crippen LogP contribution in [-0.2, 0) is 6.54 Å². The molecule has 7 heteroatoms. The summed E-state index contributed by atoms with van der Waals surface area (Å²) >= 11 is 0. The van der Waals surface area contributed by atoms with Gasteiger partial charge in [-0.15, -0.1) is 0 Å². The zero-order chi connectivity index (χ0) is 17.1. The van der Waals surface area contributed by atoms with E-state index in [-0.39, 0.29) is 6.61 Å². The van der Waals surface area contributed by atoms with Crippen LogP contribution in [0.15, 0.2) is 48.9 Å². The lowest BCUT2D eigenvalue weighted by atomic mass is 10.0. The summed E-state index contributed by atoms with van der Waals surface area (Å²) in [5.74, 6) is -2.12. The lowest BCUT2D eigenvalue weighted by Crippen LogP contribution is -2.02. The fourth-order valence-corrected chi connectivity index (χ4v) is 2.43. The lowest BCUT2D eigenvalue weighted by molar-refractivity contribution is 0.0692. The number of nitrogens with zero attached hydrogens (tertiary/aromatic N) is 3. The van der Waals surface area contributed by atoms with Crippen molar-refractivity contribution >= 4 is 5.97 Å². The fraction of sp³-hybridized carbons (Fsp3) is 0.118. The standard InChI is InChI=1S/C17H14FN3O3/c18-15-2-1-12(9-13(15)17(23)24)14-10-21(7-8-22)20-16(14)11-3-5-19-6-4-11/h1-6,9-10,22H,7-8H2,(H,23,24). The summed E-state index contributed by atoms with van der Waals surface area (Å²) in [6.45, 7) is 0.214. The van der Waals surface area contributed by atoms with Gasteiger partial charge in [0.25, 0.3) is 0 Å². The van der Waals surface area contributed by atoms with E-state index in [0.717, 1.165) is 11.6 Å². The molecule has 122 valence electrons. The second-order valence-electron chi connectivity index (χ2n) is 5.11. The van der Waals surface area contributed by atoms with Crippen LogP contribution in [0.4, 0.5) is 4.39 Å². The maximum atomic E-state index is 13.6. The van der Waals surface area contributed by atoms with E-state index in [1.807, 2.05) is 0 Å². The molecule has 6 nitrogen and oxygen atoms in total. The Labute approximate surface area is 136 Å². The number of hydrogen-bond acceptors (Lipinski definition) is 4. The molecule has 0 radical (unpaired) electrons. The largest absolute Gasteiger partial charge is 0.478 e. The topological polar surface area (TPSA) is 88.2 Å². The highest BCUT2D eigenvalue weighted by atomic mass is 19.1. The molecule has 2 heterocycles. The highest BCUT2D eigenvalue weighted by molar-refractivity contribution is 5.91. The number of halogens is 1. The molecule has 0 atom stereocenters. The molecule has 1 aromatic carbocycles. The van der Waals surface area contributed by atoms with Crippen molar-refractivity contribution in [2.45, 2.75) is 6.54 Å². The molecule has 0 bridgehead atoms. The summed E-state index contributed by atoms with van der Waals surface area (Å²) in [5.41, 5.74) is 2.18. The average molecular weight is 327 g/mol. The van der Waals surface area contributed by atoms with E-state index in [9.17, 15) is 9.18 Å². The predicted octanol–water partition coefficient (Wildman–Crippen LogP) is 2.44. The molecule has 3 rings (SSSR count). The third-order valence-corrected chi connectivity index (χ3v) is 3.55. The molecule has 0 saturated heterocycles. The second kappa shape index (κ2) is 6.59. The molecule has 0 unspecified atom stereocenters. The molecule has 0 aliphatic carbocycles. The van der Waals surface area contributed by atoms with Gasteiger partial charge in [-0.2, -0.15) is 5.10 Å². The number of pyridine rings is 1. The molecule has 0 spiro atoms. The lowest BCUT2D eigenvalue weighted by Gasteiger charge is -2.05. The predicted molar refractivity (Wildman–Crippen MR) is 84.9 cm³/mol. The van der Waals surface area contributed by atoms with Crippen LogP contribution in [0.3, 0.4) is 0 Å². The van der Waals surface area contributed by atoms with Gasteiger partial charge >= 0.3 is 5.97 Å². The first-order chi connectivity index (χ1) is 11.6. The van der Waals surface area contributed by atoms with Crippen molar-refractivity contribution in [3.63, 3.8) is 0 Å². The van der Waals surface area contributed by atoms with E-state index in [0.29, 0.717) is 23.4 Å². The Kier molecular flexibility index (Phi) is 4.35. The Morgan fingerprint density at radius 2 is 1.92 bits per heavy atom. The van der Waals surface area contributed by atoms with Gasteiger partial charge in [-0.25, -0.2) is 9.18 Å². The first-order valence-corrected chi connectivity index (χ1v) is 7.22. The fourth-order valence-electron chi connectivity index (χ4n) is 2.43. The van der Waals surface area contributed by atoms with Gasteiger partial charge in [0.1, 0.15) is 11.5 Å². The van der Waals surface area contributed by atoms with Crippen LogP contribution in [0.2, 0.25) is 0 Å². The number of aliphatic hydroxyl groups excluding tert-OH is 1. The van der Waals surface area contributed by atoms with Crippen LogP contribution in [0.25, 0.3) is 22.4 Å². The Morgan fingerprint density at radius 3 is 2.58 bits per heavy atom. The van der Waals surface area contributed by atoms with Crippen molar-refractivity contribution in [3.05, 3.63) is 60.3 Å². The number of benzene rings is 1. The summed E-state index contributed by atoms with van der Waals surface area (Å²) in [6, 6.07) is 7.46. The van der Waals surface area contributed by atoms with Crippen molar-refractivity contribution < 1.29 is 19.4 Å². The number of carbonyl (C=O) groups is 1. The van der Waals surface area contributed by atoms with Gasteiger partial charge in [0.15, 0.2) is 0 Å². The van der Waals surface area contributed by atoms with Crippen molar-refractivity contribution in [1.29, 1.82) is 0 Å². The molecule has 0 fully saturated rings. The number of carboxylic acids is 1. The van der Waals surface area contributed by atoms with E-state index in [1.165, 1.54) is 12.1 Å². The minimum atomic E-state index is -1.33. The number of aliphatic hydroxyl groups is 1. The van der Waals surface area contributed by atoms with Gasteiger partial charge in [0.05, 0.1) is 18.7 Å². The summed E-state index contributed by atoms with van der Waals surface area (Å²) in [6.07, 6.45) is 4.94. The molecule has 0 saturated carbocycles. The molecule has 24 heavy (non-hydrogen) atoms. The van der Waals surface area contributed by atoms with Crippen molar-refractivity contribution in [2.75, 3.05) is 6.61 Å². The van der Waals surface area contributed by atoms with Crippen molar-refractivity contribution in [1.82, 2.24) is 14.8 Å². The molecular formula is C17H14FN3O3. The van der Waals surface area contributed by atoms with E-state index >= 15 is 0 Å². The number of rotatable bonds is 5. The van der Waals surface area contributed by atoms with Gasteiger partial charge in [-0.05, 0) is 29.8 Å². The van der Waals surface area contributed by atoms with Crippen LogP contribution < -0.4 is 0 Å². The average Bonchev–Trinajstić information content (AvgIpc) is 3.00. The van der Waals surface area contributed by atoms with E-state index in [4.69, 9.17) is 10.2 Å². The minimum Gasteiger partial charge on any atom is -0.478 e. The Morgan fingerprint density at radius 1 is 1.17 bits per heavy atom. The number of carboxylic acid groups (broad SMARTS) is 1. The third kappa shape index (κ3) is 3.02. The monoisotopic (exact) mass is 327 g/mol. The molecule has 0 amide bonds. The number of aromatic carboxylic acids is 1. The quantitative estimate of drug-likeness (QED) is 0.751. The van der Waals surface area contributed by atoms with Crippen molar-refractivity contribution in [3.8, 4) is 22.4 Å². The van der Waals surface area contributed by atoms with Crippen LogP contribution in [0.1, 0.15) is 10.4 Å². The van der Waals surface area contributed by atoms with E-state index < -0.39 is 17.3 Å². The Hall–Kier alpha value is -3.06. The highest BCUT2D eigenvalue weighted by Crippen LogP contribution is 2.31. The number of aromatic nitrogens is 3. The minimum absolute atomic E-state index is 0.0826. The zero-order valence-corrected chi connectivity index (χ0v) is 12.6. The van der Waals surface area contributed by atoms with Gasteiger partial charge in [-0.3, -0.25) is 9.67 Å². The van der Waals surface area contributed by atoms with Crippen LogP contribution >= 0.6 is 0 Å². The Bertz CT molecular complexity index is 878. The van der Waals surface area contributed by atoms with Crippen LogP contribution in [0, 0.1) is 5.82 Å². The molecule has 0 aliphatic rings. The van der Waals surface area contributed by atoms with Gasteiger partial charge in [0.2, 0.25) is 0 Å². The third-order valence-electron chi connectivity index (χ3n) is 3.55. The maximum absolute atomic E-state index is 13.6. The summed E-state index contributed by atoms with van der Waals surface area (Å²) < 4.78 is 15.2. The van der Waals surface area contributed by atoms with Gasteiger partial charge in [-0.1, -0.05) is 6.07 Å². The first kappa shape index (κ1) is 15.8. The van der Waals surface area contributed by atoms with E-state index in [2.05, 4.69) is 10.1 Å². The number of hydrogen-bond donors (Lipinski definition) is 2. The zero-order valence-electron chi connectivity index (χ0n) is 12.6. The SMILES string of the molecule is O=C(O)c1cc(-c2cn(CCO)nc2-c2ccncc2)ccc1F. The van der Waals surface area contributed by atoms with Gasteiger partial charge < -0.3 is 10.2 Å². The molecular weight excluding hydrogens is 313 g/mol. The molecule has 3 aromatic rings. The Balaban J connectivity index is 2.16. The summed E-state index contributed by atoms with van der Waals surface area (Å²) in [4.78, 5) is 15.1. The van der Waals surface area contributed by atoms with Gasteiger partial charge in [0, 0.05) is 29.7 Å². The summed E-state index contributed by atoms with van der Waals surface area (Å²) in [7, 11) is 0. The van der Waals surface area contributed by atoms with Crippen LogP contribution in [-0.4, -0.2) is 37.6 Å². The van der Waals surface area contributed by atoms with E-state index in [1.54, 1.807) is 35.4 Å². The molecule has 2 aromatic heterocycles. The maximum Gasteiger partial charge on any atom is 0.338 e. The molecule has 2 N–H and O–H groups in total. The van der Waals surface area contributed by atoms with Crippen molar-refractivity contribution in [2.24, 2.45) is 0 Å².